The SMILES string of the molecule is CCOC(=O)c1ccc(N2C(=O)c3oc4ccccc4c(=O)c3C2c2cccc(OC)c2)cc1. The molecular weight excluding hydrogens is 434 g/mol. The van der Waals surface area contributed by atoms with Gasteiger partial charge in [-0.3, -0.25) is 14.5 Å². The van der Waals surface area contributed by atoms with E-state index in [2.05, 4.69) is 0 Å². The molecule has 1 aromatic heterocycles. The number of hydrogen-bond donors (Lipinski definition) is 0. The van der Waals surface area contributed by atoms with Crippen molar-refractivity contribution in [1.29, 1.82) is 0 Å². The summed E-state index contributed by atoms with van der Waals surface area (Å²) in [6, 6.07) is 19.9. The Balaban J connectivity index is 1.70. The van der Waals surface area contributed by atoms with E-state index in [-0.39, 0.29) is 23.4 Å². The first kappa shape index (κ1) is 21.5. The predicted octanol–water partition coefficient (Wildman–Crippen LogP) is 4.73. The van der Waals surface area contributed by atoms with E-state index in [1.54, 1.807) is 80.8 Å². The van der Waals surface area contributed by atoms with Crippen LogP contribution in [0.4, 0.5) is 5.69 Å². The van der Waals surface area contributed by atoms with Gasteiger partial charge >= 0.3 is 5.97 Å². The second-order valence-electron chi connectivity index (χ2n) is 7.79. The Kier molecular flexibility index (Phi) is 5.37. The highest BCUT2D eigenvalue weighted by Crippen LogP contribution is 2.41. The summed E-state index contributed by atoms with van der Waals surface area (Å²) in [5.41, 5.74) is 1.94. The lowest BCUT2D eigenvalue weighted by atomic mass is 9.98. The molecule has 0 aliphatic carbocycles. The highest BCUT2D eigenvalue weighted by atomic mass is 16.5. The number of methoxy groups -OCH3 is 1. The summed E-state index contributed by atoms with van der Waals surface area (Å²) in [4.78, 5) is 40.8. The number of carbonyl (C=O) groups excluding carboxylic acids is 2. The van der Waals surface area contributed by atoms with Crippen LogP contribution in [0.15, 0.2) is 82.0 Å². The molecule has 1 aliphatic heterocycles. The topological polar surface area (TPSA) is 86.0 Å². The molecule has 0 N–H and O–H groups in total. The Labute approximate surface area is 195 Å². The minimum atomic E-state index is -0.730. The maximum atomic E-state index is 13.6. The van der Waals surface area contributed by atoms with Gasteiger partial charge in [0.15, 0.2) is 5.43 Å². The van der Waals surface area contributed by atoms with Crippen molar-refractivity contribution in [2.24, 2.45) is 0 Å². The second kappa shape index (κ2) is 8.51. The Morgan fingerprint density at radius 2 is 1.76 bits per heavy atom. The van der Waals surface area contributed by atoms with Crippen LogP contribution in [0.2, 0.25) is 0 Å². The molecule has 1 aliphatic rings. The van der Waals surface area contributed by atoms with Crippen molar-refractivity contribution in [1.82, 2.24) is 0 Å². The molecule has 0 saturated heterocycles. The van der Waals surface area contributed by atoms with E-state index in [1.165, 1.54) is 4.90 Å². The number of nitrogens with zero attached hydrogens (tertiary/aromatic N) is 1. The zero-order valence-electron chi connectivity index (χ0n) is 18.6. The van der Waals surface area contributed by atoms with E-state index in [0.29, 0.717) is 33.5 Å². The van der Waals surface area contributed by atoms with Gasteiger partial charge in [0.2, 0.25) is 5.76 Å². The first-order valence-corrected chi connectivity index (χ1v) is 10.8. The fourth-order valence-electron chi connectivity index (χ4n) is 4.29. The molecule has 4 aromatic rings. The monoisotopic (exact) mass is 455 g/mol. The minimum absolute atomic E-state index is 0.00555. The Bertz CT molecular complexity index is 1470. The molecule has 0 spiro atoms. The Hall–Kier alpha value is -4.39. The summed E-state index contributed by atoms with van der Waals surface area (Å²) in [7, 11) is 1.56. The minimum Gasteiger partial charge on any atom is -0.497 e. The van der Waals surface area contributed by atoms with Crippen LogP contribution in [-0.2, 0) is 4.74 Å². The van der Waals surface area contributed by atoms with Gasteiger partial charge in [-0.25, -0.2) is 4.79 Å². The number of esters is 1. The first-order valence-electron chi connectivity index (χ1n) is 10.8. The molecule has 2 heterocycles. The Morgan fingerprint density at radius 3 is 2.50 bits per heavy atom. The summed E-state index contributed by atoms with van der Waals surface area (Å²) in [5, 5.41) is 0.404. The highest BCUT2D eigenvalue weighted by molar-refractivity contribution is 6.10. The van der Waals surface area contributed by atoms with Gasteiger partial charge < -0.3 is 13.9 Å². The molecule has 34 heavy (non-hydrogen) atoms. The number of rotatable bonds is 5. The molecule has 5 rings (SSSR count). The molecule has 1 unspecified atom stereocenters. The second-order valence-corrected chi connectivity index (χ2v) is 7.79. The van der Waals surface area contributed by atoms with Crippen LogP contribution in [0.5, 0.6) is 5.75 Å². The first-order chi connectivity index (χ1) is 16.5. The van der Waals surface area contributed by atoms with Crippen molar-refractivity contribution >= 4 is 28.5 Å². The van der Waals surface area contributed by atoms with Gasteiger partial charge in [0.25, 0.3) is 5.91 Å². The molecule has 170 valence electrons. The average molecular weight is 455 g/mol. The standard InChI is InChI=1S/C27H21NO6/c1-3-33-27(31)16-11-13-18(14-12-16)28-23(17-7-6-8-19(15-17)32-2)22-24(29)20-9-4-5-10-21(20)34-25(22)26(28)30/h4-15,23H,3H2,1-2H3. The number of hydrogen-bond acceptors (Lipinski definition) is 6. The number of carbonyl (C=O) groups is 2. The number of amides is 1. The smallest absolute Gasteiger partial charge is 0.338 e. The van der Waals surface area contributed by atoms with Gasteiger partial charge in [-0.1, -0.05) is 24.3 Å². The summed E-state index contributed by atoms with van der Waals surface area (Å²) in [6.07, 6.45) is 0. The van der Waals surface area contributed by atoms with Crippen molar-refractivity contribution < 1.29 is 23.5 Å². The van der Waals surface area contributed by atoms with Crippen LogP contribution in [-0.4, -0.2) is 25.6 Å². The maximum absolute atomic E-state index is 13.6. The van der Waals surface area contributed by atoms with Gasteiger partial charge in [-0.15, -0.1) is 0 Å². The number of fused-ring (bicyclic) bond motifs is 2. The zero-order valence-corrected chi connectivity index (χ0v) is 18.6. The third-order valence-corrected chi connectivity index (χ3v) is 5.84. The lowest BCUT2D eigenvalue weighted by Crippen LogP contribution is -2.29. The third kappa shape index (κ3) is 3.42. The zero-order chi connectivity index (χ0) is 23.8. The molecule has 1 atom stereocenters. The molecule has 0 radical (unpaired) electrons. The van der Waals surface area contributed by atoms with Gasteiger partial charge in [0, 0.05) is 5.69 Å². The number of ether oxygens (including phenoxy) is 2. The molecule has 7 heteroatoms. The molecule has 0 bridgehead atoms. The molecule has 1 amide bonds. The van der Waals surface area contributed by atoms with E-state index in [4.69, 9.17) is 13.9 Å². The number of benzene rings is 3. The molecule has 0 fully saturated rings. The fraction of sp³-hybridized carbons (Fsp3) is 0.148. The van der Waals surface area contributed by atoms with Crippen LogP contribution in [0.1, 0.15) is 45.0 Å². The van der Waals surface area contributed by atoms with Crippen LogP contribution < -0.4 is 15.1 Å². The normalized spacial score (nSPS) is 14.8. The van der Waals surface area contributed by atoms with Gasteiger partial charge in [-0.2, -0.15) is 0 Å². The van der Waals surface area contributed by atoms with E-state index in [1.807, 2.05) is 6.07 Å². The van der Waals surface area contributed by atoms with Crippen molar-refractivity contribution in [2.75, 3.05) is 18.6 Å². The molecule has 3 aromatic carbocycles. The van der Waals surface area contributed by atoms with Crippen LogP contribution in [0, 0.1) is 0 Å². The van der Waals surface area contributed by atoms with Crippen LogP contribution in [0.25, 0.3) is 11.0 Å². The van der Waals surface area contributed by atoms with Gasteiger partial charge in [-0.05, 0) is 61.0 Å². The molecular formula is C27H21NO6. The Morgan fingerprint density at radius 1 is 1.00 bits per heavy atom. The van der Waals surface area contributed by atoms with E-state index in [0.717, 1.165) is 0 Å². The number of anilines is 1. The quantitative estimate of drug-likeness (QED) is 0.405. The number of para-hydroxylation sites is 1. The maximum Gasteiger partial charge on any atom is 0.338 e. The van der Waals surface area contributed by atoms with Gasteiger partial charge in [0.05, 0.1) is 36.3 Å². The lowest BCUT2D eigenvalue weighted by molar-refractivity contribution is 0.0526. The van der Waals surface area contributed by atoms with E-state index < -0.39 is 17.9 Å². The predicted molar refractivity (Wildman–Crippen MR) is 127 cm³/mol. The third-order valence-electron chi connectivity index (χ3n) is 5.84. The highest BCUT2D eigenvalue weighted by Gasteiger charge is 2.43. The van der Waals surface area contributed by atoms with Crippen molar-refractivity contribution in [2.45, 2.75) is 13.0 Å². The largest absolute Gasteiger partial charge is 0.497 e. The summed E-state index contributed by atoms with van der Waals surface area (Å²) in [5.74, 6) is -0.278. The molecule has 0 saturated carbocycles. The van der Waals surface area contributed by atoms with Crippen molar-refractivity contribution in [3.8, 4) is 5.75 Å². The van der Waals surface area contributed by atoms with Crippen LogP contribution in [0.3, 0.4) is 0 Å². The lowest BCUT2D eigenvalue weighted by Gasteiger charge is -2.25. The average Bonchev–Trinajstić information content (AvgIpc) is 3.17. The van der Waals surface area contributed by atoms with Crippen molar-refractivity contribution in [3.05, 3.63) is 105 Å². The fourth-order valence-corrected chi connectivity index (χ4v) is 4.29. The van der Waals surface area contributed by atoms with Gasteiger partial charge in [0.1, 0.15) is 11.3 Å². The van der Waals surface area contributed by atoms with E-state index in [9.17, 15) is 14.4 Å². The summed E-state index contributed by atoms with van der Waals surface area (Å²) < 4.78 is 16.4. The van der Waals surface area contributed by atoms with Crippen LogP contribution >= 0.6 is 0 Å². The van der Waals surface area contributed by atoms with E-state index >= 15 is 0 Å². The van der Waals surface area contributed by atoms with Crippen molar-refractivity contribution in [3.63, 3.8) is 0 Å². The summed E-state index contributed by atoms with van der Waals surface area (Å²) >= 11 is 0. The summed E-state index contributed by atoms with van der Waals surface area (Å²) in [6.45, 7) is 2.00. The molecule has 7 nitrogen and oxygen atoms in total.